The lowest BCUT2D eigenvalue weighted by atomic mass is 10.1. The summed E-state index contributed by atoms with van der Waals surface area (Å²) in [5, 5.41) is 5.61. The molecule has 2 fully saturated rings. The summed E-state index contributed by atoms with van der Waals surface area (Å²) in [6.45, 7) is 6.92. The van der Waals surface area contributed by atoms with Crippen LogP contribution < -0.4 is 16.4 Å². The van der Waals surface area contributed by atoms with E-state index in [9.17, 15) is 9.59 Å². The van der Waals surface area contributed by atoms with Gasteiger partial charge in [0.2, 0.25) is 11.8 Å². The molecule has 0 aromatic carbocycles. The highest BCUT2D eigenvalue weighted by Crippen LogP contribution is 2.33. The Labute approximate surface area is 126 Å². The molecule has 2 aliphatic rings. The molecule has 120 valence electrons. The maximum atomic E-state index is 11.9. The van der Waals surface area contributed by atoms with Gasteiger partial charge in [0.05, 0.1) is 12.6 Å². The largest absolute Gasteiger partial charge is 0.350 e. The summed E-state index contributed by atoms with van der Waals surface area (Å²) in [6, 6.07) is 0.899. The fourth-order valence-electron chi connectivity index (χ4n) is 2.94. The van der Waals surface area contributed by atoms with Gasteiger partial charge in [-0.05, 0) is 32.1 Å². The van der Waals surface area contributed by atoms with Crippen molar-refractivity contribution in [3.05, 3.63) is 0 Å². The van der Waals surface area contributed by atoms with E-state index in [0.29, 0.717) is 6.04 Å². The monoisotopic (exact) mass is 296 g/mol. The summed E-state index contributed by atoms with van der Waals surface area (Å²) in [6.07, 6.45) is 3.56. The van der Waals surface area contributed by atoms with Crippen LogP contribution in [0.1, 0.15) is 40.0 Å². The number of likely N-dealkylation sites (tertiary alicyclic amines) is 1. The van der Waals surface area contributed by atoms with Gasteiger partial charge in [0.15, 0.2) is 0 Å². The molecule has 1 saturated heterocycles. The van der Waals surface area contributed by atoms with E-state index in [1.807, 2.05) is 13.8 Å². The third-order valence-electron chi connectivity index (χ3n) is 4.45. The van der Waals surface area contributed by atoms with Crippen molar-refractivity contribution in [1.82, 2.24) is 15.5 Å². The van der Waals surface area contributed by atoms with Crippen molar-refractivity contribution in [3.63, 3.8) is 0 Å². The zero-order chi connectivity index (χ0) is 15.6. The Morgan fingerprint density at radius 3 is 2.57 bits per heavy atom. The van der Waals surface area contributed by atoms with Gasteiger partial charge in [-0.2, -0.15) is 0 Å². The lowest BCUT2D eigenvalue weighted by molar-refractivity contribution is -0.127. The summed E-state index contributed by atoms with van der Waals surface area (Å²) in [4.78, 5) is 26.1. The average molecular weight is 296 g/mol. The Balaban J connectivity index is 1.69. The van der Waals surface area contributed by atoms with Crippen LogP contribution in [0.15, 0.2) is 0 Å². The predicted molar refractivity (Wildman–Crippen MR) is 81.6 cm³/mol. The number of carbonyl (C=O) groups is 2. The number of hydrogen-bond acceptors (Lipinski definition) is 4. The van der Waals surface area contributed by atoms with Crippen molar-refractivity contribution >= 4 is 11.8 Å². The van der Waals surface area contributed by atoms with E-state index in [-0.39, 0.29) is 30.3 Å². The lowest BCUT2D eigenvalue weighted by Crippen LogP contribution is -2.48. The van der Waals surface area contributed by atoms with E-state index in [1.54, 1.807) is 0 Å². The molecule has 2 unspecified atom stereocenters. The highest BCUT2D eigenvalue weighted by molar-refractivity contribution is 5.87. The first-order chi connectivity index (χ1) is 9.88. The topological polar surface area (TPSA) is 87.5 Å². The standard InChI is InChI=1S/C15H28N4O2/c1-9(2)14(16)15(21)17-7-13(20)18-11-6-10(3)19(8-11)12-4-5-12/h9-12,14H,4-8,16H2,1-3H3,(H,17,21)(H,18,20)/t10?,11?,14-/m0/s1. The highest BCUT2D eigenvalue weighted by atomic mass is 16.2. The number of hydrogen-bond donors (Lipinski definition) is 3. The summed E-state index contributed by atoms with van der Waals surface area (Å²) >= 11 is 0. The SMILES string of the molecule is CC(C)[C@H](N)C(=O)NCC(=O)NC1CC(C)N(C2CC2)C1. The van der Waals surface area contributed by atoms with Crippen molar-refractivity contribution in [2.45, 2.75) is 64.2 Å². The molecule has 1 saturated carbocycles. The molecule has 2 rings (SSSR count). The zero-order valence-electron chi connectivity index (χ0n) is 13.3. The number of nitrogens with zero attached hydrogens (tertiary/aromatic N) is 1. The maximum Gasteiger partial charge on any atom is 0.239 e. The van der Waals surface area contributed by atoms with Gasteiger partial charge in [-0.1, -0.05) is 13.8 Å². The first kappa shape index (κ1) is 16.2. The first-order valence-corrected chi connectivity index (χ1v) is 7.97. The summed E-state index contributed by atoms with van der Waals surface area (Å²) < 4.78 is 0. The second kappa shape index (κ2) is 6.75. The van der Waals surface area contributed by atoms with Crippen molar-refractivity contribution in [2.75, 3.05) is 13.1 Å². The molecule has 0 bridgehead atoms. The number of nitrogens with two attached hydrogens (primary N) is 1. The molecule has 0 radical (unpaired) electrons. The van der Waals surface area contributed by atoms with Gasteiger partial charge in [-0.15, -0.1) is 0 Å². The maximum absolute atomic E-state index is 11.9. The Kier molecular flexibility index (Phi) is 5.22. The molecule has 21 heavy (non-hydrogen) atoms. The smallest absolute Gasteiger partial charge is 0.239 e. The van der Waals surface area contributed by atoms with E-state index in [2.05, 4.69) is 22.5 Å². The summed E-state index contributed by atoms with van der Waals surface area (Å²) in [7, 11) is 0. The molecular weight excluding hydrogens is 268 g/mol. The van der Waals surface area contributed by atoms with Crippen molar-refractivity contribution in [1.29, 1.82) is 0 Å². The quantitative estimate of drug-likeness (QED) is 0.635. The van der Waals surface area contributed by atoms with Gasteiger partial charge in [0, 0.05) is 24.7 Å². The van der Waals surface area contributed by atoms with E-state index < -0.39 is 6.04 Å². The molecule has 0 aromatic heterocycles. The molecule has 1 aliphatic carbocycles. The third-order valence-corrected chi connectivity index (χ3v) is 4.45. The average Bonchev–Trinajstić information content (AvgIpc) is 3.19. The summed E-state index contributed by atoms with van der Waals surface area (Å²) in [5.74, 6) is -0.329. The van der Waals surface area contributed by atoms with Crippen molar-refractivity contribution < 1.29 is 9.59 Å². The highest BCUT2D eigenvalue weighted by Gasteiger charge is 2.39. The number of carbonyl (C=O) groups excluding carboxylic acids is 2. The molecule has 6 heteroatoms. The van der Waals surface area contributed by atoms with E-state index in [4.69, 9.17) is 5.73 Å². The van der Waals surface area contributed by atoms with Crippen molar-refractivity contribution in [2.24, 2.45) is 11.7 Å². The normalized spacial score (nSPS) is 27.7. The molecule has 0 spiro atoms. The van der Waals surface area contributed by atoms with E-state index >= 15 is 0 Å². The van der Waals surface area contributed by atoms with Crippen molar-refractivity contribution in [3.8, 4) is 0 Å². The Morgan fingerprint density at radius 2 is 2.00 bits per heavy atom. The van der Waals surface area contributed by atoms with Gasteiger partial charge in [0.1, 0.15) is 0 Å². The van der Waals surface area contributed by atoms with Crippen LogP contribution in [0.25, 0.3) is 0 Å². The number of amides is 2. The summed E-state index contributed by atoms with van der Waals surface area (Å²) in [5.41, 5.74) is 5.74. The predicted octanol–water partition coefficient (Wildman–Crippen LogP) is -0.173. The van der Waals surface area contributed by atoms with Crippen LogP contribution in [-0.2, 0) is 9.59 Å². The fourth-order valence-corrected chi connectivity index (χ4v) is 2.94. The van der Waals surface area contributed by atoms with E-state index in [0.717, 1.165) is 19.0 Å². The van der Waals surface area contributed by atoms with Crippen LogP contribution in [0, 0.1) is 5.92 Å². The minimum absolute atomic E-state index is 0.00750. The third kappa shape index (κ3) is 4.41. The Morgan fingerprint density at radius 1 is 1.33 bits per heavy atom. The second-order valence-corrected chi connectivity index (χ2v) is 6.76. The van der Waals surface area contributed by atoms with Gasteiger partial charge in [0.25, 0.3) is 0 Å². The molecule has 6 nitrogen and oxygen atoms in total. The molecule has 4 N–H and O–H groups in total. The number of rotatable bonds is 6. The molecular formula is C15H28N4O2. The van der Waals surface area contributed by atoms with Crippen LogP contribution in [0.2, 0.25) is 0 Å². The van der Waals surface area contributed by atoms with E-state index in [1.165, 1.54) is 12.8 Å². The van der Waals surface area contributed by atoms with Crippen LogP contribution in [-0.4, -0.2) is 54.0 Å². The second-order valence-electron chi connectivity index (χ2n) is 6.76. The van der Waals surface area contributed by atoms with Crippen LogP contribution in [0.5, 0.6) is 0 Å². The van der Waals surface area contributed by atoms with Crippen LogP contribution >= 0.6 is 0 Å². The first-order valence-electron chi connectivity index (χ1n) is 7.97. The Bertz CT molecular complexity index is 395. The van der Waals surface area contributed by atoms with Gasteiger partial charge < -0.3 is 16.4 Å². The molecule has 2 amide bonds. The molecule has 3 atom stereocenters. The van der Waals surface area contributed by atoms with Crippen LogP contribution in [0.4, 0.5) is 0 Å². The Hall–Kier alpha value is -1.14. The van der Waals surface area contributed by atoms with Gasteiger partial charge >= 0.3 is 0 Å². The molecule has 0 aromatic rings. The lowest BCUT2D eigenvalue weighted by Gasteiger charge is -2.19. The van der Waals surface area contributed by atoms with Gasteiger partial charge in [-0.3, -0.25) is 14.5 Å². The zero-order valence-corrected chi connectivity index (χ0v) is 13.3. The molecule has 1 aliphatic heterocycles. The minimum Gasteiger partial charge on any atom is -0.350 e. The minimum atomic E-state index is -0.560. The van der Waals surface area contributed by atoms with Gasteiger partial charge in [-0.25, -0.2) is 0 Å². The van der Waals surface area contributed by atoms with Crippen LogP contribution in [0.3, 0.4) is 0 Å². The number of nitrogens with one attached hydrogen (secondary N) is 2. The fraction of sp³-hybridized carbons (Fsp3) is 0.867. The molecule has 1 heterocycles.